The largest absolute Gasteiger partial charge is 0.339 e. The number of hydrogen-bond acceptors (Lipinski definition) is 3. The molecule has 118 valence electrons. The Hall–Kier alpha value is -2.73. The molecule has 6 heteroatoms. The molecule has 4 nitrogen and oxygen atoms in total. The van der Waals surface area contributed by atoms with Crippen molar-refractivity contribution >= 4 is 33.1 Å². The number of nitrogens with one attached hydrogen (secondary N) is 1. The van der Waals surface area contributed by atoms with Crippen LogP contribution in [0.15, 0.2) is 71.5 Å². The Bertz CT molecular complexity index is 997. The highest BCUT2D eigenvalue weighted by Crippen LogP contribution is 2.30. The topological polar surface area (TPSA) is 42.2 Å². The lowest BCUT2D eigenvalue weighted by molar-refractivity contribution is 0.628. The molecule has 4 rings (SSSR count). The normalized spacial score (nSPS) is 10.9. The molecule has 0 spiro atoms. The molecule has 0 bridgehead atoms. The van der Waals surface area contributed by atoms with E-state index in [1.807, 2.05) is 40.9 Å². The first-order chi connectivity index (χ1) is 11.7. The monoisotopic (exact) mass is 382 g/mol. The Balaban J connectivity index is 1.90. The molecule has 0 aliphatic heterocycles. The van der Waals surface area contributed by atoms with Crippen LogP contribution in [0.3, 0.4) is 0 Å². The third kappa shape index (κ3) is 2.76. The Kier molecular flexibility index (Phi) is 3.74. The zero-order chi connectivity index (χ0) is 16.5. The fraction of sp³-hybridized carbons (Fsp3) is 0. The van der Waals surface area contributed by atoms with Crippen molar-refractivity contribution in [1.82, 2.24) is 14.4 Å². The van der Waals surface area contributed by atoms with E-state index in [1.165, 1.54) is 12.1 Å². The van der Waals surface area contributed by atoms with Gasteiger partial charge in [-0.15, -0.1) is 0 Å². The lowest BCUT2D eigenvalue weighted by Crippen LogP contribution is -1.97. The van der Waals surface area contributed by atoms with Crippen LogP contribution in [0, 0.1) is 5.82 Å². The van der Waals surface area contributed by atoms with Gasteiger partial charge in [0.1, 0.15) is 23.0 Å². The molecule has 0 aliphatic carbocycles. The highest BCUT2D eigenvalue weighted by Gasteiger charge is 2.15. The third-order valence-corrected chi connectivity index (χ3v) is 4.07. The molecular weight excluding hydrogens is 371 g/mol. The smallest absolute Gasteiger partial charge is 0.144 e. The number of pyridine rings is 2. The Morgan fingerprint density at radius 3 is 2.58 bits per heavy atom. The highest BCUT2D eigenvalue weighted by molar-refractivity contribution is 9.10. The van der Waals surface area contributed by atoms with E-state index in [0.717, 1.165) is 33.0 Å². The molecule has 0 amide bonds. The van der Waals surface area contributed by atoms with Gasteiger partial charge >= 0.3 is 0 Å². The van der Waals surface area contributed by atoms with E-state index in [4.69, 9.17) is 0 Å². The summed E-state index contributed by atoms with van der Waals surface area (Å²) in [6.45, 7) is 0. The number of aromatic nitrogens is 3. The van der Waals surface area contributed by atoms with E-state index in [-0.39, 0.29) is 5.82 Å². The van der Waals surface area contributed by atoms with Crippen LogP contribution in [-0.4, -0.2) is 14.4 Å². The van der Waals surface area contributed by atoms with Crippen LogP contribution in [-0.2, 0) is 0 Å². The van der Waals surface area contributed by atoms with Crippen molar-refractivity contribution in [2.75, 3.05) is 5.32 Å². The summed E-state index contributed by atoms with van der Waals surface area (Å²) < 4.78 is 16.0. The van der Waals surface area contributed by atoms with Gasteiger partial charge < -0.3 is 5.32 Å². The second kappa shape index (κ2) is 6.05. The van der Waals surface area contributed by atoms with Crippen LogP contribution < -0.4 is 5.32 Å². The fourth-order valence-corrected chi connectivity index (χ4v) is 2.83. The quantitative estimate of drug-likeness (QED) is 0.539. The minimum Gasteiger partial charge on any atom is -0.339 e. The number of halogens is 2. The van der Waals surface area contributed by atoms with Crippen molar-refractivity contribution in [2.45, 2.75) is 0 Å². The summed E-state index contributed by atoms with van der Waals surface area (Å²) in [7, 11) is 0. The summed E-state index contributed by atoms with van der Waals surface area (Å²) in [5, 5.41) is 3.32. The number of hydrogen-bond donors (Lipinski definition) is 1. The summed E-state index contributed by atoms with van der Waals surface area (Å²) in [6.07, 6.45) is 3.66. The van der Waals surface area contributed by atoms with Crippen molar-refractivity contribution in [2.24, 2.45) is 0 Å². The van der Waals surface area contributed by atoms with Gasteiger partial charge in [-0.3, -0.25) is 9.38 Å². The Morgan fingerprint density at radius 1 is 1.00 bits per heavy atom. The summed E-state index contributed by atoms with van der Waals surface area (Å²) in [4.78, 5) is 9.08. The first-order valence-corrected chi connectivity index (χ1v) is 8.11. The number of imidazole rings is 1. The standard InChI is InChI=1S/C18H12BrFN4/c19-12-4-9-16-23-17(15-3-1-2-10-21-15)18(24(16)11-12)22-14-7-5-13(20)6-8-14/h1-11,22H. The van der Waals surface area contributed by atoms with Gasteiger partial charge in [0.05, 0.1) is 5.69 Å². The maximum atomic E-state index is 13.2. The molecule has 0 saturated carbocycles. The number of fused-ring (bicyclic) bond motifs is 1. The molecule has 1 N–H and O–H groups in total. The average molecular weight is 383 g/mol. The number of benzene rings is 1. The summed E-state index contributed by atoms with van der Waals surface area (Å²) >= 11 is 3.49. The first-order valence-electron chi connectivity index (χ1n) is 7.32. The van der Waals surface area contributed by atoms with E-state index in [0.29, 0.717) is 0 Å². The van der Waals surface area contributed by atoms with E-state index >= 15 is 0 Å². The van der Waals surface area contributed by atoms with Gasteiger partial charge in [-0.25, -0.2) is 9.37 Å². The molecule has 3 heterocycles. The molecule has 24 heavy (non-hydrogen) atoms. The maximum Gasteiger partial charge on any atom is 0.144 e. The van der Waals surface area contributed by atoms with Gasteiger partial charge in [-0.2, -0.15) is 0 Å². The second-order valence-electron chi connectivity index (χ2n) is 5.23. The van der Waals surface area contributed by atoms with E-state index in [1.54, 1.807) is 18.3 Å². The molecule has 0 saturated heterocycles. The van der Waals surface area contributed by atoms with Crippen molar-refractivity contribution in [3.05, 3.63) is 77.3 Å². The van der Waals surface area contributed by atoms with Crippen LogP contribution in [0.5, 0.6) is 0 Å². The van der Waals surface area contributed by atoms with Gasteiger partial charge in [0.25, 0.3) is 0 Å². The van der Waals surface area contributed by atoms with Gasteiger partial charge in [-0.05, 0) is 64.5 Å². The summed E-state index contributed by atoms with van der Waals surface area (Å²) in [5.74, 6) is 0.503. The molecule has 0 radical (unpaired) electrons. The minimum absolute atomic E-state index is 0.272. The van der Waals surface area contributed by atoms with E-state index in [2.05, 4.69) is 31.2 Å². The molecule has 0 atom stereocenters. The first kappa shape index (κ1) is 14.8. The van der Waals surface area contributed by atoms with Gasteiger partial charge in [0.15, 0.2) is 0 Å². The SMILES string of the molecule is Fc1ccc(Nc2c(-c3ccccn3)nc3ccc(Br)cn23)cc1. The number of anilines is 2. The van der Waals surface area contributed by atoms with Gasteiger partial charge in [-0.1, -0.05) is 6.07 Å². The third-order valence-electron chi connectivity index (χ3n) is 3.60. The molecule has 1 aromatic carbocycles. The van der Waals surface area contributed by atoms with Crippen molar-refractivity contribution in [3.8, 4) is 11.4 Å². The predicted molar refractivity (Wildman–Crippen MR) is 95.8 cm³/mol. The second-order valence-corrected chi connectivity index (χ2v) is 6.15. The Labute approximate surface area is 146 Å². The van der Waals surface area contributed by atoms with Crippen molar-refractivity contribution < 1.29 is 4.39 Å². The van der Waals surface area contributed by atoms with Crippen LogP contribution in [0.1, 0.15) is 0 Å². The lowest BCUT2D eigenvalue weighted by Gasteiger charge is -2.09. The Morgan fingerprint density at radius 2 is 1.83 bits per heavy atom. The molecule has 3 aromatic heterocycles. The summed E-state index contributed by atoms with van der Waals surface area (Å²) in [6, 6.07) is 15.8. The number of rotatable bonds is 3. The van der Waals surface area contributed by atoms with Crippen LogP contribution in [0.25, 0.3) is 17.0 Å². The predicted octanol–water partition coefficient (Wildman–Crippen LogP) is 5.04. The lowest BCUT2D eigenvalue weighted by atomic mass is 10.2. The molecule has 0 unspecified atom stereocenters. The molecule has 0 fully saturated rings. The van der Waals surface area contributed by atoms with Crippen LogP contribution in [0.2, 0.25) is 0 Å². The maximum absolute atomic E-state index is 13.2. The van der Waals surface area contributed by atoms with Crippen LogP contribution >= 0.6 is 15.9 Å². The van der Waals surface area contributed by atoms with Crippen LogP contribution in [0.4, 0.5) is 15.9 Å². The van der Waals surface area contributed by atoms with Gasteiger partial charge in [0, 0.05) is 22.6 Å². The fourth-order valence-electron chi connectivity index (χ4n) is 2.49. The van der Waals surface area contributed by atoms with E-state index in [9.17, 15) is 4.39 Å². The molecular formula is C18H12BrFN4. The van der Waals surface area contributed by atoms with Crippen molar-refractivity contribution in [3.63, 3.8) is 0 Å². The average Bonchev–Trinajstić information content (AvgIpc) is 2.95. The van der Waals surface area contributed by atoms with Crippen molar-refractivity contribution in [1.29, 1.82) is 0 Å². The summed E-state index contributed by atoms with van der Waals surface area (Å²) in [5.41, 5.74) is 3.07. The van der Waals surface area contributed by atoms with Gasteiger partial charge in [0.2, 0.25) is 0 Å². The molecule has 0 aliphatic rings. The zero-order valence-electron chi connectivity index (χ0n) is 12.4. The number of nitrogens with zero attached hydrogens (tertiary/aromatic N) is 3. The molecule has 4 aromatic rings. The van der Waals surface area contributed by atoms with E-state index < -0.39 is 0 Å². The zero-order valence-corrected chi connectivity index (χ0v) is 14.0. The highest BCUT2D eigenvalue weighted by atomic mass is 79.9. The minimum atomic E-state index is -0.272.